The summed E-state index contributed by atoms with van der Waals surface area (Å²) in [4.78, 5) is 4.52. The van der Waals surface area contributed by atoms with Gasteiger partial charge in [-0.25, -0.2) is 0 Å². The Balaban J connectivity index is 1.85. The molecule has 100 valence electrons. The normalized spacial score (nSPS) is 22.8. The van der Waals surface area contributed by atoms with Crippen molar-refractivity contribution in [1.29, 1.82) is 0 Å². The molecule has 1 aromatic carbocycles. The smallest absolute Gasteiger partial charge is 0.232 e. The molecule has 2 atom stereocenters. The molecule has 1 N–H and O–H groups in total. The van der Waals surface area contributed by atoms with Gasteiger partial charge in [0.25, 0.3) is 0 Å². The molecule has 19 heavy (non-hydrogen) atoms. The Kier molecular flexibility index (Phi) is 3.77. The van der Waals surface area contributed by atoms with Crippen LogP contribution in [0.4, 0.5) is 0 Å². The summed E-state index contributed by atoms with van der Waals surface area (Å²) in [5.74, 6) is 3.74. The Morgan fingerprint density at radius 2 is 2.11 bits per heavy atom. The van der Waals surface area contributed by atoms with Crippen LogP contribution in [0.25, 0.3) is 11.4 Å². The number of hydrogen-bond donors (Lipinski definition) is 1. The van der Waals surface area contributed by atoms with Crippen molar-refractivity contribution in [3.05, 3.63) is 35.2 Å². The van der Waals surface area contributed by atoms with E-state index in [1.54, 1.807) is 0 Å². The molecule has 1 saturated heterocycles. The highest BCUT2D eigenvalue weighted by atomic mass is 35.5. The highest BCUT2D eigenvalue weighted by molar-refractivity contribution is 7.99. The largest absolute Gasteiger partial charge is 0.339 e. The first kappa shape index (κ1) is 13.0. The van der Waals surface area contributed by atoms with Crippen molar-refractivity contribution in [1.82, 2.24) is 15.5 Å². The van der Waals surface area contributed by atoms with E-state index in [1.165, 1.54) is 0 Å². The zero-order valence-electron chi connectivity index (χ0n) is 10.5. The molecule has 0 aliphatic carbocycles. The third-order valence-corrected chi connectivity index (χ3v) is 4.75. The molecule has 0 spiro atoms. The Labute approximate surface area is 120 Å². The molecule has 2 aromatic rings. The zero-order valence-corrected chi connectivity index (χ0v) is 12.0. The summed E-state index contributed by atoms with van der Waals surface area (Å²) >= 11 is 7.78. The average molecular weight is 296 g/mol. The van der Waals surface area contributed by atoms with Crippen molar-refractivity contribution in [2.24, 2.45) is 0 Å². The van der Waals surface area contributed by atoms with Crippen LogP contribution in [0.2, 0.25) is 5.02 Å². The highest BCUT2D eigenvalue weighted by Crippen LogP contribution is 2.32. The molecular weight excluding hydrogens is 282 g/mol. The maximum atomic E-state index is 5.87. The minimum atomic E-state index is 0.295. The van der Waals surface area contributed by atoms with Gasteiger partial charge in [-0.3, -0.25) is 0 Å². The quantitative estimate of drug-likeness (QED) is 0.943. The summed E-state index contributed by atoms with van der Waals surface area (Å²) in [5, 5.41) is 8.07. The number of nitrogens with one attached hydrogen (secondary N) is 1. The molecule has 1 fully saturated rings. The predicted molar refractivity (Wildman–Crippen MR) is 77.7 cm³/mol. The first-order valence-electron chi connectivity index (χ1n) is 6.12. The second-order valence-corrected chi connectivity index (χ2v) is 6.01. The van der Waals surface area contributed by atoms with Crippen LogP contribution in [-0.4, -0.2) is 34.7 Å². The molecule has 2 unspecified atom stereocenters. The van der Waals surface area contributed by atoms with Crippen LogP contribution in [0.1, 0.15) is 11.8 Å². The summed E-state index contributed by atoms with van der Waals surface area (Å²) in [6.45, 7) is 0. The standard InChI is InChI=1S/C13H14ClN3OS/c1-15-11-7-19-6-10(11)13-16-12(17-18-13)8-2-4-9(14)5-3-8/h2-5,10-11,15H,6-7H2,1H3. The molecule has 1 aromatic heterocycles. The Morgan fingerprint density at radius 3 is 2.84 bits per heavy atom. The van der Waals surface area contributed by atoms with Gasteiger partial charge >= 0.3 is 0 Å². The number of likely N-dealkylation sites (N-methyl/N-ethyl adjacent to an activating group) is 1. The van der Waals surface area contributed by atoms with E-state index in [4.69, 9.17) is 16.1 Å². The Bertz CT molecular complexity index is 557. The van der Waals surface area contributed by atoms with Crippen LogP contribution in [0.3, 0.4) is 0 Å². The molecule has 6 heteroatoms. The van der Waals surface area contributed by atoms with Gasteiger partial charge in [0.05, 0.1) is 5.92 Å². The molecule has 1 aliphatic rings. The SMILES string of the molecule is CNC1CSCC1c1nc(-c2ccc(Cl)cc2)no1. The highest BCUT2D eigenvalue weighted by Gasteiger charge is 2.32. The second-order valence-electron chi connectivity index (χ2n) is 4.50. The van der Waals surface area contributed by atoms with E-state index < -0.39 is 0 Å². The van der Waals surface area contributed by atoms with Gasteiger partial charge in [-0.2, -0.15) is 16.7 Å². The molecular formula is C13H14ClN3OS. The van der Waals surface area contributed by atoms with E-state index in [2.05, 4.69) is 15.5 Å². The van der Waals surface area contributed by atoms with Crippen LogP contribution in [0, 0.1) is 0 Å². The van der Waals surface area contributed by atoms with Crippen molar-refractivity contribution < 1.29 is 4.52 Å². The molecule has 0 amide bonds. The number of halogens is 1. The summed E-state index contributed by atoms with van der Waals surface area (Å²) in [6, 6.07) is 7.86. The fourth-order valence-electron chi connectivity index (χ4n) is 2.18. The lowest BCUT2D eigenvalue weighted by atomic mass is 10.0. The molecule has 3 rings (SSSR count). The Hall–Kier alpha value is -1.04. The number of rotatable bonds is 3. The van der Waals surface area contributed by atoms with E-state index in [0.717, 1.165) is 17.1 Å². The zero-order chi connectivity index (χ0) is 13.2. The number of nitrogens with zero attached hydrogens (tertiary/aromatic N) is 2. The fraction of sp³-hybridized carbons (Fsp3) is 0.385. The summed E-state index contributed by atoms with van der Waals surface area (Å²) in [7, 11) is 1.97. The lowest BCUT2D eigenvalue weighted by Gasteiger charge is -2.13. The van der Waals surface area contributed by atoms with Gasteiger partial charge < -0.3 is 9.84 Å². The van der Waals surface area contributed by atoms with Gasteiger partial charge in [-0.15, -0.1) is 0 Å². The monoisotopic (exact) mass is 295 g/mol. The van der Waals surface area contributed by atoms with Gasteiger partial charge in [0.15, 0.2) is 0 Å². The maximum Gasteiger partial charge on any atom is 0.232 e. The van der Waals surface area contributed by atoms with Crippen molar-refractivity contribution in [3.8, 4) is 11.4 Å². The Morgan fingerprint density at radius 1 is 1.32 bits per heavy atom. The molecule has 4 nitrogen and oxygen atoms in total. The van der Waals surface area contributed by atoms with Crippen LogP contribution in [-0.2, 0) is 0 Å². The third kappa shape index (κ3) is 2.63. The first-order chi connectivity index (χ1) is 9.28. The van der Waals surface area contributed by atoms with Crippen LogP contribution < -0.4 is 5.32 Å². The number of hydrogen-bond acceptors (Lipinski definition) is 5. The van der Waals surface area contributed by atoms with E-state index >= 15 is 0 Å². The van der Waals surface area contributed by atoms with Gasteiger partial charge in [-0.05, 0) is 31.3 Å². The number of aromatic nitrogens is 2. The molecule has 2 heterocycles. The molecule has 0 saturated carbocycles. The van der Waals surface area contributed by atoms with Crippen LogP contribution in [0.5, 0.6) is 0 Å². The lowest BCUT2D eigenvalue weighted by Crippen LogP contribution is -2.31. The summed E-state index contributed by atoms with van der Waals surface area (Å²) in [5.41, 5.74) is 0.922. The van der Waals surface area contributed by atoms with Gasteiger partial charge in [0.1, 0.15) is 0 Å². The summed E-state index contributed by atoms with van der Waals surface area (Å²) < 4.78 is 5.42. The van der Waals surface area contributed by atoms with Crippen molar-refractivity contribution in [2.45, 2.75) is 12.0 Å². The number of benzene rings is 1. The fourth-order valence-corrected chi connectivity index (χ4v) is 3.73. The third-order valence-electron chi connectivity index (χ3n) is 3.31. The lowest BCUT2D eigenvalue weighted by molar-refractivity contribution is 0.344. The summed E-state index contributed by atoms with van der Waals surface area (Å²) in [6.07, 6.45) is 0. The van der Waals surface area contributed by atoms with Crippen molar-refractivity contribution in [2.75, 3.05) is 18.6 Å². The predicted octanol–water partition coefficient (Wildman–Crippen LogP) is 2.81. The second kappa shape index (κ2) is 5.53. The van der Waals surface area contributed by atoms with Gasteiger partial charge in [0.2, 0.25) is 11.7 Å². The van der Waals surface area contributed by atoms with E-state index in [9.17, 15) is 0 Å². The van der Waals surface area contributed by atoms with Gasteiger partial charge in [-0.1, -0.05) is 16.8 Å². The minimum absolute atomic E-state index is 0.295. The van der Waals surface area contributed by atoms with E-state index in [0.29, 0.717) is 28.7 Å². The van der Waals surface area contributed by atoms with E-state index in [1.807, 2.05) is 43.1 Å². The number of thioether (sulfide) groups is 1. The average Bonchev–Trinajstić information content (AvgIpc) is 3.07. The minimum Gasteiger partial charge on any atom is -0.339 e. The molecule has 0 bridgehead atoms. The maximum absolute atomic E-state index is 5.87. The van der Waals surface area contributed by atoms with Gasteiger partial charge in [0, 0.05) is 28.1 Å². The van der Waals surface area contributed by atoms with E-state index in [-0.39, 0.29) is 0 Å². The first-order valence-corrected chi connectivity index (χ1v) is 7.66. The van der Waals surface area contributed by atoms with Crippen molar-refractivity contribution >= 4 is 23.4 Å². The van der Waals surface area contributed by atoms with Crippen LogP contribution in [0.15, 0.2) is 28.8 Å². The topological polar surface area (TPSA) is 51.0 Å². The van der Waals surface area contributed by atoms with Crippen molar-refractivity contribution in [3.63, 3.8) is 0 Å². The molecule has 0 radical (unpaired) electrons. The molecule has 1 aliphatic heterocycles. The van der Waals surface area contributed by atoms with Crippen LogP contribution >= 0.6 is 23.4 Å².